The van der Waals surface area contributed by atoms with Crippen molar-refractivity contribution < 1.29 is 24.2 Å². The third kappa shape index (κ3) is 4.95. The van der Waals surface area contributed by atoms with Gasteiger partial charge in [0.1, 0.15) is 6.54 Å². The molecule has 1 aromatic rings. The molecule has 0 bridgehead atoms. The number of nitrogens with zero attached hydrogens (tertiary/aromatic N) is 1. The van der Waals surface area contributed by atoms with Gasteiger partial charge in [0.05, 0.1) is 13.2 Å². The van der Waals surface area contributed by atoms with Gasteiger partial charge in [-0.1, -0.05) is 6.92 Å². The summed E-state index contributed by atoms with van der Waals surface area (Å²) in [5.41, 5.74) is 0.377. The Morgan fingerprint density at radius 2 is 1.95 bits per heavy atom. The highest BCUT2D eigenvalue weighted by molar-refractivity contribution is 5.96. The van der Waals surface area contributed by atoms with Gasteiger partial charge in [-0.05, 0) is 38.5 Å². The minimum Gasteiger partial charge on any atom is -0.493 e. The fourth-order valence-electron chi connectivity index (χ4n) is 2.02. The van der Waals surface area contributed by atoms with Crippen LogP contribution in [0.4, 0.5) is 0 Å². The number of benzene rings is 1. The molecule has 1 aromatic carbocycles. The number of aliphatic carboxylic acids is 1. The molecular weight excluding hydrogens is 286 g/mol. The minimum atomic E-state index is -1.03. The zero-order valence-corrected chi connectivity index (χ0v) is 13.5. The summed E-state index contributed by atoms with van der Waals surface area (Å²) in [6.45, 7) is 5.75. The van der Waals surface area contributed by atoms with Crippen LogP contribution in [-0.2, 0) is 4.79 Å². The van der Waals surface area contributed by atoms with Gasteiger partial charge in [0.15, 0.2) is 11.5 Å². The SMILES string of the molecule is CCCN(CC(=O)O)C(=O)c1ccc(OC(C)C)c(OC)c1. The Morgan fingerprint density at radius 1 is 1.27 bits per heavy atom. The first-order valence-corrected chi connectivity index (χ1v) is 7.24. The van der Waals surface area contributed by atoms with Crippen LogP contribution in [0.15, 0.2) is 18.2 Å². The van der Waals surface area contributed by atoms with Crippen molar-refractivity contribution in [3.8, 4) is 11.5 Å². The fraction of sp³-hybridized carbons (Fsp3) is 0.500. The molecule has 1 amide bonds. The maximum absolute atomic E-state index is 12.4. The number of amides is 1. The lowest BCUT2D eigenvalue weighted by Gasteiger charge is -2.21. The number of rotatable bonds is 8. The van der Waals surface area contributed by atoms with Crippen molar-refractivity contribution in [2.24, 2.45) is 0 Å². The first-order chi connectivity index (χ1) is 10.4. The summed E-state index contributed by atoms with van der Waals surface area (Å²) < 4.78 is 10.8. The van der Waals surface area contributed by atoms with E-state index in [1.165, 1.54) is 12.0 Å². The summed E-state index contributed by atoms with van der Waals surface area (Å²) in [4.78, 5) is 24.6. The third-order valence-corrected chi connectivity index (χ3v) is 2.88. The lowest BCUT2D eigenvalue weighted by atomic mass is 10.1. The lowest BCUT2D eigenvalue weighted by molar-refractivity contribution is -0.137. The highest BCUT2D eigenvalue weighted by Crippen LogP contribution is 2.29. The topological polar surface area (TPSA) is 76.1 Å². The van der Waals surface area contributed by atoms with E-state index < -0.39 is 5.97 Å². The van der Waals surface area contributed by atoms with Crippen LogP contribution in [-0.4, -0.2) is 48.2 Å². The molecule has 0 saturated heterocycles. The molecule has 0 aliphatic heterocycles. The Labute approximate surface area is 130 Å². The van der Waals surface area contributed by atoms with Crippen molar-refractivity contribution in [1.29, 1.82) is 0 Å². The van der Waals surface area contributed by atoms with E-state index >= 15 is 0 Å². The number of hydrogen-bond acceptors (Lipinski definition) is 4. The van der Waals surface area contributed by atoms with Gasteiger partial charge in [-0.15, -0.1) is 0 Å². The minimum absolute atomic E-state index is 0.0148. The number of carbonyl (C=O) groups is 2. The van der Waals surface area contributed by atoms with Gasteiger partial charge in [-0.2, -0.15) is 0 Å². The van der Waals surface area contributed by atoms with E-state index in [-0.39, 0.29) is 18.6 Å². The van der Waals surface area contributed by atoms with Crippen molar-refractivity contribution in [2.75, 3.05) is 20.2 Å². The lowest BCUT2D eigenvalue weighted by Crippen LogP contribution is -2.36. The summed E-state index contributed by atoms with van der Waals surface area (Å²) in [5, 5.41) is 8.91. The van der Waals surface area contributed by atoms with Gasteiger partial charge < -0.3 is 19.5 Å². The number of carboxylic acid groups (broad SMARTS) is 1. The van der Waals surface area contributed by atoms with Gasteiger partial charge >= 0.3 is 5.97 Å². The molecule has 0 aromatic heterocycles. The Bertz CT molecular complexity index is 527. The standard InChI is InChI=1S/C16H23NO5/c1-5-8-17(10-15(18)19)16(20)12-6-7-13(22-11(2)3)14(9-12)21-4/h6-7,9,11H,5,8,10H2,1-4H3,(H,18,19). The monoisotopic (exact) mass is 309 g/mol. The van der Waals surface area contributed by atoms with Crippen molar-refractivity contribution in [1.82, 2.24) is 4.90 Å². The summed E-state index contributed by atoms with van der Waals surface area (Å²) >= 11 is 0. The second-order valence-electron chi connectivity index (χ2n) is 5.15. The normalized spacial score (nSPS) is 10.4. The van der Waals surface area contributed by atoms with E-state index in [2.05, 4.69) is 0 Å². The Balaban J connectivity index is 3.03. The van der Waals surface area contributed by atoms with Crippen LogP contribution >= 0.6 is 0 Å². The number of carboxylic acids is 1. The second-order valence-corrected chi connectivity index (χ2v) is 5.15. The molecule has 0 aliphatic rings. The predicted molar refractivity (Wildman–Crippen MR) is 82.6 cm³/mol. The maximum Gasteiger partial charge on any atom is 0.323 e. The quantitative estimate of drug-likeness (QED) is 0.798. The molecule has 22 heavy (non-hydrogen) atoms. The molecule has 1 N–H and O–H groups in total. The molecule has 0 spiro atoms. The van der Waals surface area contributed by atoms with E-state index in [0.29, 0.717) is 30.0 Å². The van der Waals surface area contributed by atoms with E-state index in [9.17, 15) is 9.59 Å². The zero-order valence-electron chi connectivity index (χ0n) is 13.5. The van der Waals surface area contributed by atoms with E-state index in [0.717, 1.165) is 0 Å². The van der Waals surface area contributed by atoms with E-state index in [1.807, 2.05) is 20.8 Å². The van der Waals surface area contributed by atoms with Gasteiger partial charge in [-0.3, -0.25) is 9.59 Å². The summed E-state index contributed by atoms with van der Waals surface area (Å²) in [7, 11) is 1.50. The molecule has 0 saturated carbocycles. The first-order valence-electron chi connectivity index (χ1n) is 7.24. The molecule has 122 valence electrons. The van der Waals surface area contributed by atoms with Crippen LogP contribution < -0.4 is 9.47 Å². The fourth-order valence-corrected chi connectivity index (χ4v) is 2.02. The second kappa shape index (κ2) is 8.26. The number of methoxy groups -OCH3 is 1. The predicted octanol–water partition coefficient (Wildman–Crippen LogP) is 2.42. The molecule has 0 radical (unpaired) electrons. The molecule has 0 heterocycles. The molecule has 0 atom stereocenters. The molecule has 1 rings (SSSR count). The summed E-state index contributed by atoms with van der Waals surface area (Å²) in [6.07, 6.45) is 0.670. The van der Waals surface area contributed by atoms with Crippen molar-refractivity contribution in [3.63, 3.8) is 0 Å². The number of carbonyl (C=O) groups excluding carboxylic acids is 1. The molecule has 0 aliphatic carbocycles. The van der Waals surface area contributed by atoms with Crippen molar-refractivity contribution >= 4 is 11.9 Å². The molecule has 6 heteroatoms. The van der Waals surface area contributed by atoms with Gasteiger partial charge in [0.25, 0.3) is 5.91 Å². The Kier molecular flexibility index (Phi) is 6.69. The average Bonchev–Trinajstić information content (AvgIpc) is 2.45. The molecular formula is C16H23NO5. The molecule has 6 nitrogen and oxygen atoms in total. The molecule has 0 fully saturated rings. The van der Waals surface area contributed by atoms with Crippen LogP contribution in [0.5, 0.6) is 11.5 Å². The van der Waals surface area contributed by atoms with Crippen LogP contribution in [0.3, 0.4) is 0 Å². The van der Waals surface area contributed by atoms with Crippen LogP contribution in [0.25, 0.3) is 0 Å². The zero-order chi connectivity index (χ0) is 16.7. The van der Waals surface area contributed by atoms with Gasteiger partial charge in [0.2, 0.25) is 0 Å². The number of ether oxygens (including phenoxy) is 2. The van der Waals surface area contributed by atoms with E-state index in [4.69, 9.17) is 14.6 Å². The first kappa shape index (κ1) is 17.8. The van der Waals surface area contributed by atoms with Gasteiger partial charge in [0, 0.05) is 12.1 Å². The number of hydrogen-bond donors (Lipinski definition) is 1. The molecule has 0 unspecified atom stereocenters. The summed E-state index contributed by atoms with van der Waals surface area (Å²) in [6, 6.07) is 4.86. The largest absolute Gasteiger partial charge is 0.493 e. The van der Waals surface area contributed by atoms with Gasteiger partial charge in [-0.25, -0.2) is 0 Å². The smallest absolute Gasteiger partial charge is 0.323 e. The Hall–Kier alpha value is -2.24. The average molecular weight is 309 g/mol. The van der Waals surface area contributed by atoms with Crippen molar-refractivity contribution in [3.05, 3.63) is 23.8 Å². The third-order valence-electron chi connectivity index (χ3n) is 2.88. The summed E-state index contributed by atoms with van der Waals surface area (Å²) in [5.74, 6) is -0.368. The Morgan fingerprint density at radius 3 is 2.45 bits per heavy atom. The van der Waals surface area contributed by atoms with E-state index in [1.54, 1.807) is 18.2 Å². The van der Waals surface area contributed by atoms with Crippen LogP contribution in [0, 0.1) is 0 Å². The van der Waals surface area contributed by atoms with Crippen molar-refractivity contribution in [2.45, 2.75) is 33.3 Å². The highest BCUT2D eigenvalue weighted by Gasteiger charge is 2.19. The highest BCUT2D eigenvalue weighted by atomic mass is 16.5. The maximum atomic E-state index is 12.4. The van der Waals surface area contributed by atoms with Crippen LogP contribution in [0.1, 0.15) is 37.6 Å². The van der Waals surface area contributed by atoms with Crippen LogP contribution in [0.2, 0.25) is 0 Å².